The Bertz CT molecular complexity index is 369. The Morgan fingerprint density at radius 2 is 1.84 bits per heavy atom. The van der Waals surface area contributed by atoms with Crippen LogP contribution in [-0.2, 0) is 4.79 Å². The van der Waals surface area contributed by atoms with Crippen molar-refractivity contribution in [1.82, 2.24) is 0 Å². The van der Waals surface area contributed by atoms with E-state index in [2.05, 4.69) is 26.5 Å². The first-order chi connectivity index (χ1) is 9.19. The van der Waals surface area contributed by atoms with E-state index in [0.717, 1.165) is 37.0 Å². The maximum absolute atomic E-state index is 11.1. The summed E-state index contributed by atoms with van der Waals surface area (Å²) in [5, 5.41) is 0. The van der Waals surface area contributed by atoms with Crippen LogP contribution < -0.4 is 0 Å². The summed E-state index contributed by atoms with van der Waals surface area (Å²) in [5.74, 6) is 0.721. The van der Waals surface area contributed by atoms with E-state index in [9.17, 15) is 4.79 Å². The first-order valence-electron chi connectivity index (χ1n) is 7.32. The predicted octanol–water partition coefficient (Wildman–Crippen LogP) is 5.41. The van der Waals surface area contributed by atoms with Crippen LogP contribution in [0.2, 0.25) is 0 Å². The van der Waals surface area contributed by atoms with Gasteiger partial charge in [-0.15, -0.1) is 0 Å². The minimum atomic E-state index is 0.721. The lowest BCUT2D eigenvalue weighted by atomic mass is 9.97. The summed E-state index contributed by atoms with van der Waals surface area (Å²) < 4.78 is 0. The Morgan fingerprint density at radius 1 is 1.21 bits per heavy atom. The van der Waals surface area contributed by atoms with Crippen molar-refractivity contribution >= 4 is 6.29 Å². The van der Waals surface area contributed by atoms with Crippen LogP contribution in [0.1, 0.15) is 53.4 Å². The highest BCUT2D eigenvalue weighted by molar-refractivity contribution is 5.76. The van der Waals surface area contributed by atoms with Gasteiger partial charge in [0.05, 0.1) is 0 Å². The molecule has 0 aromatic carbocycles. The lowest BCUT2D eigenvalue weighted by molar-refractivity contribution is -0.105. The minimum absolute atomic E-state index is 0.721. The number of allylic oxidation sites excluding steroid dienone is 7. The molecule has 0 aromatic rings. The summed E-state index contributed by atoms with van der Waals surface area (Å²) in [6.07, 6.45) is 13.0. The zero-order valence-corrected chi connectivity index (χ0v) is 12.9. The fourth-order valence-electron chi connectivity index (χ4n) is 2.21. The zero-order valence-electron chi connectivity index (χ0n) is 12.9. The molecule has 1 atom stereocenters. The number of rotatable bonds is 4. The highest BCUT2D eigenvalue weighted by Gasteiger charge is 2.15. The van der Waals surface area contributed by atoms with E-state index in [0.29, 0.717) is 0 Å². The van der Waals surface area contributed by atoms with Crippen LogP contribution in [0.4, 0.5) is 0 Å². The van der Waals surface area contributed by atoms with E-state index in [1.807, 2.05) is 26.0 Å². The molecule has 0 aliphatic heterocycles. The van der Waals surface area contributed by atoms with E-state index in [-0.39, 0.29) is 0 Å². The van der Waals surface area contributed by atoms with Crippen molar-refractivity contribution in [3.05, 3.63) is 47.6 Å². The molecule has 0 aromatic heterocycles. The van der Waals surface area contributed by atoms with Gasteiger partial charge in [0.15, 0.2) is 0 Å². The van der Waals surface area contributed by atoms with Gasteiger partial charge in [0.2, 0.25) is 0 Å². The molecule has 0 radical (unpaired) electrons. The van der Waals surface area contributed by atoms with E-state index < -0.39 is 0 Å². The largest absolute Gasteiger partial charge is 0.298 e. The van der Waals surface area contributed by atoms with Crippen LogP contribution >= 0.6 is 0 Å². The molecule has 1 nitrogen and oxygen atoms in total. The molecule has 1 heteroatoms. The van der Waals surface area contributed by atoms with Gasteiger partial charge < -0.3 is 0 Å². The molecular weight excluding hydrogens is 232 g/mol. The highest BCUT2D eigenvalue weighted by Crippen LogP contribution is 2.30. The summed E-state index contributed by atoms with van der Waals surface area (Å²) in [4.78, 5) is 11.1. The second-order valence-corrected chi connectivity index (χ2v) is 4.77. The molecule has 0 bridgehead atoms. The van der Waals surface area contributed by atoms with Gasteiger partial charge in [-0.1, -0.05) is 51.7 Å². The van der Waals surface area contributed by atoms with Crippen molar-refractivity contribution in [3.8, 4) is 0 Å². The van der Waals surface area contributed by atoms with Gasteiger partial charge in [0.1, 0.15) is 6.29 Å². The molecule has 0 N–H and O–H groups in total. The van der Waals surface area contributed by atoms with Gasteiger partial charge in [0.25, 0.3) is 0 Å². The summed E-state index contributed by atoms with van der Waals surface area (Å²) in [6, 6.07) is 0. The van der Waals surface area contributed by atoms with E-state index in [4.69, 9.17) is 0 Å². The quantitative estimate of drug-likeness (QED) is 0.488. The van der Waals surface area contributed by atoms with Crippen LogP contribution in [0.3, 0.4) is 0 Å². The van der Waals surface area contributed by atoms with Crippen molar-refractivity contribution in [1.29, 1.82) is 0 Å². The third kappa shape index (κ3) is 6.37. The Labute approximate surface area is 118 Å². The van der Waals surface area contributed by atoms with Crippen LogP contribution in [0, 0.1) is 5.92 Å². The molecule has 106 valence electrons. The number of aldehydes is 1. The summed E-state index contributed by atoms with van der Waals surface area (Å²) >= 11 is 0. The van der Waals surface area contributed by atoms with Crippen molar-refractivity contribution in [3.63, 3.8) is 0 Å². The molecular formula is C18H28O. The smallest absolute Gasteiger partial charge is 0.146 e. The van der Waals surface area contributed by atoms with Gasteiger partial charge in [-0.3, -0.25) is 4.79 Å². The third-order valence-electron chi connectivity index (χ3n) is 3.39. The fraction of sp³-hybridized carbons (Fsp3) is 0.500. The first-order valence-corrected chi connectivity index (χ1v) is 7.32. The van der Waals surface area contributed by atoms with Crippen LogP contribution in [0.25, 0.3) is 0 Å². The predicted molar refractivity (Wildman–Crippen MR) is 85.2 cm³/mol. The number of hydrogen-bond acceptors (Lipinski definition) is 1. The molecule has 0 fully saturated rings. The maximum Gasteiger partial charge on any atom is 0.146 e. The van der Waals surface area contributed by atoms with Crippen LogP contribution in [-0.4, -0.2) is 6.29 Å². The van der Waals surface area contributed by atoms with E-state index in [1.54, 1.807) is 6.08 Å². The van der Waals surface area contributed by atoms with Crippen molar-refractivity contribution in [2.75, 3.05) is 0 Å². The Kier molecular flexibility index (Phi) is 9.78. The van der Waals surface area contributed by atoms with Gasteiger partial charge >= 0.3 is 0 Å². The second-order valence-electron chi connectivity index (χ2n) is 4.77. The molecule has 0 saturated heterocycles. The molecule has 0 amide bonds. The summed E-state index contributed by atoms with van der Waals surface area (Å²) in [7, 11) is 0. The molecule has 1 unspecified atom stereocenters. The Hall–Kier alpha value is -1.37. The monoisotopic (exact) mass is 260 g/mol. The molecule has 0 saturated carbocycles. The maximum atomic E-state index is 11.1. The van der Waals surface area contributed by atoms with Crippen molar-refractivity contribution in [2.45, 2.75) is 53.4 Å². The number of carbonyl (C=O) groups excluding carboxylic acids is 1. The SMILES string of the molecule is C=C/C=C\C=C(/C)C1=C(C=O)CCC(C)CC1.CC. The van der Waals surface area contributed by atoms with Gasteiger partial charge in [0, 0.05) is 0 Å². The molecule has 1 aliphatic rings. The fourth-order valence-corrected chi connectivity index (χ4v) is 2.21. The minimum Gasteiger partial charge on any atom is -0.298 e. The van der Waals surface area contributed by atoms with Crippen molar-refractivity contribution in [2.24, 2.45) is 5.92 Å². The molecule has 0 heterocycles. The Balaban J connectivity index is 0.00000154. The standard InChI is InChI=1S/C16H22O.C2H6/c1-4-5-6-7-14(3)16-11-9-13(2)8-10-15(16)12-17;1-2/h4-7,12-13H,1,8-11H2,2-3H3;1-2H3/b6-5-,14-7+;. The summed E-state index contributed by atoms with van der Waals surface area (Å²) in [6.45, 7) is 12.0. The Morgan fingerprint density at radius 3 is 2.42 bits per heavy atom. The molecule has 1 aliphatic carbocycles. The van der Waals surface area contributed by atoms with Crippen molar-refractivity contribution < 1.29 is 4.79 Å². The number of hydrogen-bond donors (Lipinski definition) is 0. The zero-order chi connectivity index (χ0) is 14.7. The lowest BCUT2D eigenvalue weighted by Crippen LogP contribution is -1.93. The van der Waals surface area contributed by atoms with Gasteiger partial charge in [-0.25, -0.2) is 0 Å². The van der Waals surface area contributed by atoms with Crippen LogP contribution in [0.15, 0.2) is 47.6 Å². The first kappa shape index (κ1) is 17.6. The molecule has 1 rings (SSSR count). The molecule has 19 heavy (non-hydrogen) atoms. The van der Waals surface area contributed by atoms with E-state index >= 15 is 0 Å². The topological polar surface area (TPSA) is 17.1 Å². The van der Waals surface area contributed by atoms with Gasteiger partial charge in [-0.05, 0) is 55.2 Å². The number of carbonyl (C=O) groups is 1. The van der Waals surface area contributed by atoms with Gasteiger partial charge in [-0.2, -0.15) is 0 Å². The summed E-state index contributed by atoms with van der Waals surface area (Å²) in [5.41, 5.74) is 3.45. The molecule has 0 spiro atoms. The average Bonchev–Trinajstić information content (AvgIpc) is 2.63. The van der Waals surface area contributed by atoms with E-state index in [1.165, 1.54) is 17.6 Å². The third-order valence-corrected chi connectivity index (χ3v) is 3.39. The normalized spacial score (nSPS) is 20.6. The average molecular weight is 260 g/mol. The lowest BCUT2D eigenvalue weighted by Gasteiger charge is -2.08. The second kappa shape index (κ2) is 10.5. The van der Waals surface area contributed by atoms with Crippen LogP contribution in [0.5, 0.6) is 0 Å². The highest BCUT2D eigenvalue weighted by atomic mass is 16.1.